The molecule has 2 saturated heterocycles. The summed E-state index contributed by atoms with van der Waals surface area (Å²) < 4.78 is 11.5. The van der Waals surface area contributed by atoms with Gasteiger partial charge in [-0.1, -0.05) is 23.7 Å². The SMILES string of the molecule is Cc1nc(C)c(C(=O)N[C@H]2C[C@H]3CO[C@@H](c4ccc(Cl)cc4)CN3C2)o1. The van der Waals surface area contributed by atoms with Crippen molar-refractivity contribution in [3.63, 3.8) is 0 Å². The second-order valence-electron chi connectivity index (χ2n) is 7.03. The van der Waals surface area contributed by atoms with E-state index in [1.165, 1.54) is 0 Å². The lowest BCUT2D eigenvalue weighted by Crippen LogP contribution is -2.43. The van der Waals surface area contributed by atoms with E-state index >= 15 is 0 Å². The van der Waals surface area contributed by atoms with Crippen molar-refractivity contribution >= 4 is 17.5 Å². The molecule has 26 heavy (non-hydrogen) atoms. The molecule has 1 amide bonds. The number of aryl methyl sites for hydroxylation is 2. The molecule has 2 aliphatic rings. The summed E-state index contributed by atoms with van der Waals surface area (Å²) in [5.74, 6) is 0.626. The van der Waals surface area contributed by atoms with E-state index in [1.54, 1.807) is 13.8 Å². The number of hydrogen-bond donors (Lipinski definition) is 1. The first-order valence-corrected chi connectivity index (χ1v) is 9.23. The van der Waals surface area contributed by atoms with Crippen LogP contribution in [0.15, 0.2) is 28.7 Å². The molecular formula is C19H22ClN3O3. The summed E-state index contributed by atoms with van der Waals surface area (Å²) in [6.45, 7) is 5.83. The van der Waals surface area contributed by atoms with Crippen molar-refractivity contribution in [2.24, 2.45) is 0 Å². The molecule has 6 nitrogen and oxygen atoms in total. The number of carbonyl (C=O) groups excluding carboxylic acids is 1. The first kappa shape index (κ1) is 17.5. The smallest absolute Gasteiger partial charge is 0.289 e. The largest absolute Gasteiger partial charge is 0.436 e. The Kier molecular flexibility index (Phi) is 4.73. The van der Waals surface area contributed by atoms with Gasteiger partial charge in [-0.3, -0.25) is 9.69 Å². The molecule has 2 aromatic rings. The third-order valence-corrected chi connectivity index (χ3v) is 5.36. The van der Waals surface area contributed by atoms with Gasteiger partial charge in [-0.25, -0.2) is 4.98 Å². The first-order valence-electron chi connectivity index (χ1n) is 8.85. The van der Waals surface area contributed by atoms with Crippen LogP contribution in [-0.2, 0) is 4.74 Å². The van der Waals surface area contributed by atoms with Gasteiger partial charge in [0.1, 0.15) is 0 Å². The molecule has 3 heterocycles. The van der Waals surface area contributed by atoms with Crippen LogP contribution in [0.25, 0.3) is 0 Å². The molecule has 1 aromatic heterocycles. The topological polar surface area (TPSA) is 67.6 Å². The Morgan fingerprint density at radius 2 is 2.04 bits per heavy atom. The summed E-state index contributed by atoms with van der Waals surface area (Å²) in [4.78, 5) is 19.0. The molecular weight excluding hydrogens is 354 g/mol. The number of oxazole rings is 1. The molecule has 0 unspecified atom stereocenters. The van der Waals surface area contributed by atoms with Crippen molar-refractivity contribution in [3.8, 4) is 0 Å². The summed E-state index contributed by atoms with van der Waals surface area (Å²) in [5.41, 5.74) is 1.76. The quantitative estimate of drug-likeness (QED) is 0.893. The zero-order chi connectivity index (χ0) is 18.3. The predicted octanol–water partition coefficient (Wildman–Crippen LogP) is 2.89. The molecule has 3 atom stereocenters. The average molecular weight is 376 g/mol. The van der Waals surface area contributed by atoms with Gasteiger partial charge in [0.15, 0.2) is 5.89 Å². The Bertz CT molecular complexity index is 805. The van der Waals surface area contributed by atoms with E-state index in [1.807, 2.05) is 24.3 Å². The van der Waals surface area contributed by atoms with Gasteiger partial charge >= 0.3 is 0 Å². The third kappa shape index (κ3) is 3.49. The fourth-order valence-electron chi connectivity index (χ4n) is 3.85. The lowest BCUT2D eigenvalue weighted by molar-refractivity contribution is -0.0502. The van der Waals surface area contributed by atoms with E-state index in [2.05, 4.69) is 15.2 Å². The number of nitrogens with zero attached hydrogens (tertiary/aromatic N) is 2. The number of halogens is 1. The van der Waals surface area contributed by atoms with Crippen LogP contribution in [0.4, 0.5) is 0 Å². The predicted molar refractivity (Wildman–Crippen MR) is 97.4 cm³/mol. The molecule has 0 aliphatic carbocycles. The summed E-state index contributed by atoms with van der Waals surface area (Å²) >= 11 is 5.97. The molecule has 7 heteroatoms. The molecule has 138 valence electrons. The van der Waals surface area contributed by atoms with Gasteiger partial charge in [0.25, 0.3) is 5.91 Å². The molecule has 1 aromatic carbocycles. The number of nitrogens with one attached hydrogen (secondary N) is 1. The van der Waals surface area contributed by atoms with Crippen molar-refractivity contribution in [3.05, 3.63) is 52.2 Å². The summed E-state index contributed by atoms with van der Waals surface area (Å²) in [7, 11) is 0. The Balaban J connectivity index is 1.38. The molecule has 2 fully saturated rings. The van der Waals surface area contributed by atoms with E-state index in [-0.39, 0.29) is 18.1 Å². The summed E-state index contributed by atoms with van der Waals surface area (Å²) in [5, 5.41) is 3.81. The van der Waals surface area contributed by atoms with E-state index < -0.39 is 0 Å². The van der Waals surface area contributed by atoms with E-state index in [4.69, 9.17) is 20.8 Å². The Hall–Kier alpha value is -1.89. The van der Waals surface area contributed by atoms with Gasteiger partial charge in [-0.05, 0) is 31.0 Å². The number of hydrogen-bond acceptors (Lipinski definition) is 5. The van der Waals surface area contributed by atoms with Crippen LogP contribution >= 0.6 is 11.6 Å². The van der Waals surface area contributed by atoms with Crippen LogP contribution < -0.4 is 5.32 Å². The molecule has 1 N–H and O–H groups in total. The zero-order valence-corrected chi connectivity index (χ0v) is 15.6. The highest BCUT2D eigenvalue weighted by atomic mass is 35.5. The average Bonchev–Trinajstić information content (AvgIpc) is 3.16. The Morgan fingerprint density at radius 1 is 1.27 bits per heavy atom. The van der Waals surface area contributed by atoms with Crippen molar-refractivity contribution in [1.82, 2.24) is 15.2 Å². The van der Waals surface area contributed by atoms with Crippen molar-refractivity contribution in [1.29, 1.82) is 0 Å². The lowest BCUT2D eigenvalue weighted by atomic mass is 10.1. The van der Waals surface area contributed by atoms with Crippen LogP contribution in [0.3, 0.4) is 0 Å². The fraction of sp³-hybridized carbons (Fsp3) is 0.474. The maximum atomic E-state index is 12.5. The highest BCUT2D eigenvalue weighted by Gasteiger charge is 2.38. The van der Waals surface area contributed by atoms with E-state index in [0.29, 0.717) is 30.0 Å². The van der Waals surface area contributed by atoms with Gasteiger partial charge in [0, 0.05) is 37.1 Å². The molecule has 4 rings (SSSR count). The van der Waals surface area contributed by atoms with Gasteiger partial charge < -0.3 is 14.5 Å². The second kappa shape index (κ2) is 7.02. The maximum absolute atomic E-state index is 12.5. The standard InChI is InChI=1S/C19H22ClN3O3/c1-11-18(26-12(2)21-11)19(24)22-15-7-16-10-25-17(9-23(16)8-15)13-3-5-14(20)6-4-13/h3-6,15-17H,7-10H2,1-2H3,(H,22,24)/t15-,16-,17+/m0/s1. The van der Waals surface area contributed by atoms with E-state index in [9.17, 15) is 4.79 Å². The third-order valence-electron chi connectivity index (χ3n) is 5.10. The number of morpholine rings is 1. The minimum absolute atomic E-state index is 0.0390. The van der Waals surface area contributed by atoms with Gasteiger partial charge in [0.2, 0.25) is 5.76 Å². The molecule has 0 radical (unpaired) electrons. The highest BCUT2D eigenvalue weighted by Crippen LogP contribution is 2.31. The molecule has 0 saturated carbocycles. The first-order chi connectivity index (χ1) is 12.5. The monoisotopic (exact) mass is 375 g/mol. The van der Waals surface area contributed by atoms with E-state index in [0.717, 1.165) is 30.1 Å². The molecule has 0 bridgehead atoms. The van der Waals surface area contributed by atoms with Crippen LogP contribution in [0.2, 0.25) is 5.02 Å². The van der Waals surface area contributed by atoms with Gasteiger partial charge in [0.05, 0.1) is 18.4 Å². The minimum atomic E-state index is -0.192. The lowest BCUT2D eigenvalue weighted by Gasteiger charge is -2.35. The normalized spacial score (nSPS) is 25.9. The van der Waals surface area contributed by atoms with Crippen LogP contribution in [0.5, 0.6) is 0 Å². The molecule has 0 spiro atoms. The number of carbonyl (C=O) groups is 1. The summed E-state index contributed by atoms with van der Waals surface area (Å²) in [6, 6.07) is 8.23. The van der Waals surface area contributed by atoms with Crippen LogP contribution in [0.1, 0.15) is 40.2 Å². The van der Waals surface area contributed by atoms with Crippen molar-refractivity contribution in [2.75, 3.05) is 19.7 Å². The molecule has 2 aliphatic heterocycles. The fourth-order valence-corrected chi connectivity index (χ4v) is 3.98. The number of amides is 1. The minimum Gasteiger partial charge on any atom is -0.436 e. The zero-order valence-electron chi connectivity index (χ0n) is 14.9. The highest BCUT2D eigenvalue weighted by molar-refractivity contribution is 6.30. The van der Waals surface area contributed by atoms with Crippen LogP contribution in [0, 0.1) is 13.8 Å². The number of benzene rings is 1. The summed E-state index contributed by atoms with van der Waals surface area (Å²) in [6.07, 6.45) is 0.919. The maximum Gasteiger partial charge on any atom is 0.289 e. The number of ether oxygens (including phenoxy) is 1. The Morgan fingerprint density at radius 3 is 2.73 bits per heavy atom. The van der Waals surface area contributed by atoms with Gasteiger partial charge in [-0.15, -0.1) is 0 Å². The van der Waals surface area contributed by atoms with Gasteiger partial charge in [-0.2, -0.15) is 0 Å². The van der Waals surface area contributed by atoms with Crippen molar-refractivity contribution < 1.29 is 13.9 Å². The number of aromatic nitrogens is 1. The second-order valence-corrected chi connectivity index (χ2v) is 7.47. The number of fused-ring (bicyclic) bond motifs is 1. The van der Waals surface area contributed by atoms with Crippen molar-refractivity contribution in [2.45, 2.75) is 38.5 Å². The Labute approximate surface area is 157 Å². The number of rotatable bonds is 3. The van der Waals surface area contributed by atoms with Crippen LogP contribution in [-0.4, -0.2) is 47.6 Å².